The Labute approximate surface area is 231 Å². The summed E-state index contributed by atoms with van der Waals surface area (Å²) < 4.78 is 1.34. The second kappa shape index (κ2) is 10.6. The summed E-state index contributed by atoms with van der Waals surface area (Å²) >= 11 is 12.1. The molecule has 8 nitrogen and oxygen atoms in total. The first-order chi connectivity index (χ1) is 18.1. The van der Waals surface area contributed by atoms with Gasteiger partial charge in [0.2, 0.25) is 11.8 Å². The van der Waals surface area contributed by atoms with Gasteiger partial charge >= 0.3 is 0 Å². The van der Waals surface area contributed by atoms with Crippen LogP contribution < -0.4 is 10.5 Å². The van der Waals surface area contributed by atoms with Crippen LogP contribution in [-0.4, -0.2) is 64.4 Å². The maximum atomic E-state index is 13.3. The van der Waals surface area contributed by atoms with Crippen LogP contribution in [0.4, 0.5) is 5.69 Å². The number of benzene rings is 2. The van der Waals surface area contributed by atoms with Crippen molar-refractivity contribution in [1.82, 2.24) is 19.4 Å². The minimum atomic E-state index is -0.264. The van der Waals surface area contributed by atoms with Crippen molar-refractivity contribution in [3.05, 3.63) is 68.7 Å². The van der Waals surface area contributed by atoms with Gasteiger partial charge in [0.05, 0.1) is 27.3 Å². The van der Waals surface area contributed by atoms with Crippen LogP contribution in [0.15, 0.2) is 47.5 Å². The quantitative estimate of drug-likeness (QED) is 0.455. The molecule has 2 fully saturated rings. The van der Waals surface area contributed by atoms with E-state index in [4.69, 9.17) is 23.2 Å². The Balaban J connectivity index is 1.27. The minimum Gasteiger partial charge on any atom is -0.368 e. The van der Waals surface area contributed by atoms with Crippen molar-refractivity contribution in [2.75, 3.05) is 38.1 Å². The van der Waals surface area contributed by atoms with Crippen molar-refractivity contribution in [3.63, 3.8) is 0 Å². The van der Waals surface area contributed by atoms with Gasteiger partial charge in [-0.15, -0.1) is 0 Å². The molecule has 3 aromatic rings. The smallest absolute Gasteiger partial charge is 0.261 e. The van der Waals surface area contributed by atoms with Gasteiger partial charge in [-0.2, -0.15) is 0 Å². The van der Waals surface area contributed by atoms with Gasteiger partial charge in [0, 0.05) is 50.9 Å². The molecule has 0 unspecified atom stereocenters. The molecule has 0 atom stereocenters. The molecule has 1 aliphatic carbocycles. The first-order valence-electron chi connectivity index (χ1n) is 12.9. The van der Waals surface area contributed by atoms with E-state index in [1.807, 2.05) is 29.2 Å². The van der Waals surface area contributed by atoms with E-state index < -0.39 is 0 Å². The molecule has 1 saturated carbocycles. The molecule has 2 aromatic carbocycles. The second-order valence-electron chi connectivity index (χ2n) is 10.6. The molecule has 0 radical (unpaired) electrons. The van der Waals surface area contributed by atoms with Crippen molar-refractivity contribution < 1.29 is 9.59 Å². The highest BCUT2D eigenvalue weighted by Crippen LogP contribution is 2.42. The molecule has 2 heterocycles. The highest BCUT2D eigenvalue weighted by molar-refractivity contribution is 6.42. The standard InChI is InChI=1S/C28H31Cl2N5O3/c1-28(8-3-9-28)27(38)34-12-10-33(11-13-34)20-5-7-24-21(15-20)26(37)35(18-31-24)17-25(36)32(2)16-19-4-6-22(29)23(30)14-19/h4-7,14-15,18H,3,8-13,16-17H2,1-2H3. The number of likely N-dealkylation sites (N-methyl/N-ethyl adjacent to an activating group) is 1. The van der Waals surface area contributed by atoms with Gasteiger partial charge in [0.25, 0.3) is 5.56 Å². The number of piperazine rings is 1. The van der Waals surface area contributed by atoms with E-state index in [1.165, 1.54) is 15.8 Å². The minimum absolute atomic E-state index is 0.122. The normalized spacial score (nSPS) is 16.8. The fourth-order valence-electron chi connectivity index (χ4n) is 5.19. The number of fused-ring (bicyclic) bond motifs is 1. The zero-order valence-corrected chi connectivity index (χ0v) is 23.1. The lowest BCUT2D eigenvalue weighted by atomic mass is 9.69. The fourth-order valence-corrected chi connectivity index (χ4v) is 5.51. The first-order valence-corrected chi connectivity index (χ1v) is 13.6. The number of anilines is 1. The van der Waals surface area contributed by atoms with Gasteiger partial charge in [0.1, 0.15) is 6.54 Å². The van der Waals surface area contributed by atoms with Crippen LogP contribution in [0, 0.1) is 5.41 Å². The molecule has 0 spiro atoms. The lowest BCUT2D eigenvalue weighted by Gasteiger charge is -2.44. The Kier molecular flexibility index (Phi) is 7.38. The summed E-state index contributed by atoms with van der Waals surface area (Å²) in [5.74, 6) is 0.0409. The van der Waals surface area contributed by atoms with Crippen molar-refractivity contribution in [3.8, 4) is 0 Å². The van der Waals surface area contributed by atoms with Gasteiger partial charge in [-0.25, -0.2) is 4.98 Å². The summed E-state index contributed by atoms with van der Waals surface area (Å²) in [7, 11) is 1.68. The van der Waals surface area contributed by atoms with Crippen LogP contribution in [0.5, 0.6) is 0 Å². The maximum absolute atomic E-state index is 13.3. The molecule has 1 saturated heterocycles. The zero-order valence-electron chi connectivity index (χ0n) is 21.6. The number of nitrogens with zero attached hydrogens (tertiary/aromatic N) is 5. The lowest BCUT2D eigenvalue weighted by Crippen LogP contribution is -2.54. The Bertz CT molecular complexity index is 1440. The highest BCUT2D eigenvalue weighted by atomic mass is 35.5. The van der Waals surface area contributed by atoms with Gasteiger partial charge in [-0.05, 0) is 48.7 Å². The van der Waals surface area contributed by atoms with E-state index in [-0.39, 0.29) is 29.3 Å². The van der Waals surface area contributed by atoms with Crippen molar-refractivity contribution in [1.29, 1.82) is 0 Å². The molecule has 5 rings (SSSR count). The van der Waals surface area contributed by atoms with Crippen LogP contribution in [0.25, 0.3) is 10.9 Å². The molecule has 1 aliphatic heterocycles. The average molecular weight is 556 g/mol. The van der Waals surface area contributed by atoms with E-state index >= 15 is 0 Å². The SMILES string of the molecule is CN(Cc1ccc(Cl)c(Cl)c1)C(=O)Cn1cnc2ccc(N3CCN(C(=O)C4(C)CCC4)CC3)cc2c1=O. The highest BCUT2D eigenvalue weighted by Gasteiger charge is 2.42. The van der Waals surface area contributed by atoms with Crippen molar-refractivity contribution >= 4 is 51.6 Å². The van der Waals surface area contributed by atoms with E-state index in [9.17, 15) is 14.4 Å². The lowest BCUT2D eigenvalue weighted by molar-refractivity contribution is -0.146. The summed E-state index contributed by atoms with van der Waals surface area (Å²) in [4.78, 5) is 49.2. The average Bonchev–Trinajstić information content (AvgIpc) is 2.90. The summed E-state index contributed by atoms with van der Waals surface area (Å²) in [5.41, 5.74) is 1.89. The van der Waals surface area contributed by atoms with Gasteiger partial charge in [-0.3, -0.25) is 19.0 Å². The second-order valence-corrected chi connectivity index (χ2v) is 11.4. The van der Waals surface area contributed by atoms with E-state index in [0.717, 1.165) is 30.5 Å². The maximum Gasteiger partial charge on any atom is 0.261 e. The van der Waals surface area contributed by atoms with Crippen LogP contribution in [0.2, 0.25) is 10.0 Å². The number of amides is 2. The number of rotatable bonds is 6. The summed E-state index contributed by atoms with van der Waals surface area (Å²) in [6.07, 6.45) is 4.50. The number of aromatic nitrogens is 2. The van der Waals surface area contributed by atoms with Crippen molar-refractivity contribution in [2.45, 2.75) is 39.3 Å². The molecule has 0 N–H and O–H groups in total. The van der Waals surface area contributed by atoms with E-state index in [0.29, 0.717) is 53.7 Å². The molecule has 10 heteroatoms. The molecule has 38 heavy (non-hydrogen) atoms. The third-order valence-electron chi connectivity index (χ3n) is 7.85. The molecular weight excluding hydrogens is 525 g/mol. The van der Waals surface area contributed by atoms with Crippen molar-refractivity contribution in [2.24, 2.45) is 5.41 Å². The predicted octanol–water partition coefficient (Wildman–Crippen LogP) is 4.20. The molecule has 2 amide bonds. The molecule has 1 aromatic heterocycles. The Morgan fingerprint density at radius 2 is 1.76 bits per heavy atom. The van der Waals surface area contributed by atoms with Crippen LogP contribution in [0.1, 0.15) is 31.7 Å². The zero-order chi connectivity index (χ0) is 27.0. The monoisotopic (exact) mass is 555 g/mol. The first kappa shape index (κ1) is 26.5. The topological polar surface area (TPSA) is 78.8 Å². The Morgan fingerprint density at radius 3 is 2.42 bits per heavy atom. The Morgan fingerprint density at radius 1 is 1.03 bits per heavy atom. The van der Waals surface area contributed by atoms with E-state index in [1.54, 1.807) is 19.2 Å². The summed E-state index contributed by atoms with van der Waals surface area (Å²) in [6.45, 7) is 5.04. The van der Waals surface area contributed by atoms with Crippen LogP contribution in [0.3, 0.4) is 0 Å². The molecule has 200 valence electrons. The number of carbonyl (C=O) groups is 2. The van der Waals surface area contributed by atoms with Gasteiger partial charge < -0.3 is 14.7 Å². The molecular formula is C28H31Cl2N5O3. The number of halogens is 2. The Hall–Kier alpha value is -3.10. The number of carbonyl (C=O) groups excluding carboxylic acids is 2. The molecule has 0 bridgehead atoms. The fraction of sp³-hybridized carbons (Fsp3) is 0.429. The predicted molar refractivity (Wildman–Crippen MR) is 150 cm³/mol. The third-order valence-corrected chi connectivity index (χ3v) is 8.59. The number of hydrogen-bond donors (Lipinski definition) is 0. The number of hydrogen-bond acceptors (Lipinski definition) is 5. The van der Waals surface area contributed by atoms with Gasteiger partial charge in [-0.1, -0.05) is 42.6 Å². The summed E-state index contributed by atoms with van der Waals surface area (Å²) in [6, 6.07) is 10.9. The van der Waals surface area contributed by atoms with Crippen LogP contribution >= 0.6 is 23.2 Å². The summed E-state index contributed by atoms with van der Waals surface area (Å²) in [5, 5.41) is 1.35. The van der Waals surface area contributed by atoms with Crippen LogP contribution in [-0.2, 0) is 22.7 Å². The van der Waals surface area contributed by atoms with E-state index in [2.05, 4.69) is 16.8 Å². The largest absolute Gasteiger partial charge is 0.368 e. The molecule has 2 aliphatic rings. The third kappa shape index (κ3) is 5.24. The van der Waals surface area contributed by atoms with Gasteiger partial charge in [0.15, 0.2) is 0 Å².